The van der Waals surface area contributed by atoms with E-state index in [1.165, 1.54) is 6.07 Å². The molecular formula is C6H11N3O. The Bertz CT molecular complexity index is 247. The highest BCUT2D eigenvalue weighted by molar-refractivity contribution is 4.84. The predicted octanol–water partition coefficient (Wildman–Crippen LogP) is 0.128. The first-order valence-electron chi connectivity index (χ1n) is 3.22. The molecule has 1 aromatic rings. The minimum Gasteiger partial charge on any atom is -0.309 e. The van der Waals surface area contributed by atoms with Crippen LogP contribution in [0.15, 0.2) is 17.1 Å². The van der Waals surface area contributed by atoms with Gasteiger partial charge >= 0.3 is 0 Å². The van der Waals surface area contributed by atoms with Crippen molar-refractivity contribution < 1.29 is 0 Å². The Morgan fingerprint density at radius 3 is 2.80 bits per heavy atom. The standard InChI is InChI=1S/C6H11N3O/c1-5(2)7-9-4-3-6(10)8-9/h3-5,7H,1-2H3,(H,8,10). The predicted molar refractivity (Wildman–Crippen MR) is 39.5 cm³/mol. The van der Waals surface area contributed by atoms with Gasteiger partial charge in [0.15, 0.2) is 0 Å². The fourth-order valence-electron chi connectivity index (χ4n) is 0.689. The smallest absolute Gasteiger partial charge is 0.265 e. The van der Waals surface area contributed by atoms with Crippen LogP contribution in [0.3, 0.4) is 0 Å². The van der Waals surface area contributed by atoms with E-state index in [-0.39, 0.29) is 5.56 Å². The van der Waals surface area contributed by atoms with Crippen molar-refractivity contribution >= 4 is 0 Å². The molecule has 0 aliphatic rings. The number of rotatable bonds is 2. The van der Waals surface area contributed by atoms with Crippen molar-refractivity contribution in [1.29, 1.82) is 0 Å². The minimum atomic E-state index is -0.0897. The highest BCUT2D eigenvalue weighted by Gasteiger charge is 1.91. The van der Waals surface area contributed by atoms with E-state index < -0.39 is 0 Å². The van der Waals surface area contributed by atoms with Gasteiger partial charge in [-0.1, -0.05) is 0 Å². The van der Waals surface area contributed by atoms with Crippen LogP contribution in [0.2, 0.25) is 0 Å². The highest BCUT2D eigenvalue weighted by Crippen LogP contribution is 1.79. The number of nitrogens with zero attached hydrogens (tertiary/aromatic N) is 1. The lowest BCUT2D eigenvalue weighted by molar-refractivity contribution is 0.663. The van der Waals surface area contributed by atoms with Crippen molar-refractivity contribution in [1.82, 2.24) is 9.89 Å². The highest BCUT2D eigenvalue weighted by atomic mass is 16.1. The second kappa shape index (κ2) is 2.60. The first kappa shape index (κ1) is 6.92. The SMILES string of the molecule is CC(C)Nn1ccc(=O)[nH]1. The molecule has 0 aromatic carbocycles. The van der Waals surface area contributed by atoms with Gasteiger partial charge < -0.3 is 5.43 Å². The van der Waals surface area contributed by atoms with Crippen molar-refractivity contribution in [3.63, 3.8) is 0 Å². The summed E-state index contributed by atoms with van der Waals surface area (Å²) in [5, 5.41) is 2.56. The van der Waals surface area contributed by atoms with Crippen LogP contribution in [0, 0.1) is 0 Å². The van der Waals surface area contributed by atoms with Crippen LogP contribution in [0.5, 0.6) is 0 Å². The Morgan fingerprint density at radius 2 is 2.40 bits per heavy atom. The van der Waals surface area contributed by atoms with E-state index in [9.17, 15) is 4.79 Å². The van der Waals surface area contributed by atoms with E-state index in [2.05, 4.69) is 10.5 Å². The lowest BCUT2D eigenvalue weighted by atomic mass is 10.4. The number of nitrogens with one attached hydrogen (secondary N) is 2. The zero-order valence-electron chi connectivity index (χ0n) is 6.09. The maximum Gasteiger partial charge on any atom is 0.265 e. The summed E-state index contributed by atoms with van der Waals surface area (Å²) in [7, 11) is 0. The van der Waals surface area contributed by atoms with Gasteiger partial charge in [-0.05, 0) is 13.8 Å². The monoisotopic (exact) mass is 141 g/mol. The van der Waals surface area contributed by atoms with Gasteiger partial charge in [0.2, 0.25) is 0 Å². The van der Waals surface area contributed by atoms with Crippen molar-refractivity contribution in [3.8, 4) is 0 Å². The van der Waals surface area contributed by atoms with E-state index in [1.807, 2.05) is 13.8 Å². The lowest BCUT2D eigenvalue weighted by Crippen LogP contribution is -2.23. The molecular weight excluding hydrogens is 130 g/mol. The molecule has 4 nitrogen and oxygen atoms in total. The second-order valence-corrected chi connectivity index (χ2v) is 2.45. The summed E-state index contributed by atoms with van der Waals surface area (Å²) in [5.41, 5.74) is 2.90. The maximum atomic E-state index is 10.6. The largest absolute Gasteiger partial charge is 0.309 e. The average molecular weight is 141 g/mol. The van der Waals surface area contributed by atoms with Crippen LogP contribution in [-0.2, 0) is 0 Å². The van der Waals surface area contributed by atoms with E-state index in [1.54, 1.807) is 11.0 Å². The second-order valence-electron chi connectivity index (χ2n) is 2.45. The number of aromatic nitrogens is 2. The third-order valence-corrected chi connectivity index (χ3v) is 1.00. The molecule has 10 heavy (non-hydrogen) atoms. The lowest BCUT2D eigenvalue weighted by Gasteiger charge is -2.08. The summed E-state index contributed by atoms with van der Waals surface area (Å²) in [4.78, 5) is 12.1. The maximum absolute atomic E-state index is 10.6. The van der Waals surface area contributed by atoms with Crippen LogP contribution < -0.4 is 11.0 Å². The first-order chi connectivity index (χ1) is 4.68. The third kappa shape index (κ3) is 1.65. The van der Waals surface area contributed by atoms with Crippen LogP contribution in [0.1, 0.15) is 13.8 Å². The van der Waals surface area contributed by atoms with Crippen molar-refractivity contribution in [2.75, 3.05) is 5.43 Å². The van der Waals surface area contributed by atoms with Crippen LogP contribution in [0.25, 0.3) is 0 Å². The summed E-state index contributed by atoms with van der Waals surface area (Å²) < 4.78 is 0. The Morgan fingerprint density at radius 1 is 1.70 bits per heavy atom. The molecule has 0 radical (unpaired) electrons. The fraction of sp³-hybridized carbons (Fsp3) is 0.500. The molecule has 1 rings (SSSR count). The van der Waals surface area contributed by atoms with Gasteiger partial charge in [0.05, 0.1) is 6.20 Å². The molecule has 0 saturated carbocycles. The quantitative estimate of drug-likeness (QED) is 0.615. The number of aromatic amines is 1. The van der Waals surface area contributed by atoms with Gasteiger partial charge in [-0.15, -0.1) is 0 Å². The van der Waals surface area contributed by atoms with E-state index >= 15 is 0 Å². The molecule has 0 atom stereocenters. The molecule has 0 aliphatic heterocycles. The van der Waals surface area contributed by atoms with E-state index in [0.29, 0.717) is 6.04 Å². The Balaban J connectivity index is 2.67. The summed E-state index contributed by atoms with van der Waals surface area (Å²) >= 11 is 0. The molecule has 0 amide bonds. The number of H-pyrrole nitrogens is 1. The number of hydrogen-bond donors (Lipinski definition) is 2. The van der Waals surface area contributed by atoms with Crippen molar-refractivity contribution in [2.45, 2.75) is 19.9 Å². The van der Waals surface area contributed by atoms with Gasteiger partial charge in [0.1, 0.15) is 0 Å². The van der Waals surface area contributed by atoms with Crippen molar-refractivity contribution in [2.24, 2.45) is 0 Å². The molecule has 0 bridgehead atoms. The van der Waals surface area contributed by atoms with Crippen LogP contribution in [0.4, 0.5) is 0 Å². The molecule has 0 fully saturated rings. The Kier molecular flexibility index (Phi) is 1.80. The molecule has 1 aromatic heterocycles. The zero-order chi connectivity index (χ0) is 7.56. The molecule has 0 saturated heterocycles. The van der Waals surface area contributed by atoms with Gasteiger partial charge in [0, 0.05) is 12.1 Å². The minimum absolute atomic E-state index is 0.0897. The average Bonchev–Trinajstić information content (AvgIpc) is 2.13. The van der Waals surface area contributed by atoms with Gasteiger partial charge in [-0.3, -0.25) is 4.79 Å². The molecule has 0 spiro atoms. The van der Waals surface area contributed by atoms with E-state index in [4.69, 9.17) is 0 Å². The topological polar surface area (TPSA) is 49.8 Å². The summed E-state index contributed by atoms with van der Waals surface area (Å²) in [6.07, 6.45) is 1.66. The normalized spacial score (nSPS) is 10.3. The summed E-state index contributed by atoms with van der Waals surface area (Å²) in [5.74, 6) is 0. The Labute approximate surface area is 58.8 Å². The van der Waals surface area contributed by atoms with Crippen LogP contribution in [-0.4, -0.2) is 15.9 Å². The van der Waals surface area contributed by atoms with Gasteiger partial charge in [-0.2, -0.15) is 0 Å². The number of hydrogen-bond acceptors (Lipinski definition) is 2. The molecule has 0 aliphatic carbocycles. The molecule has 2 N–H and O–H groups in total. The third-order valence-electron chi connectivity index (χ3n) is 1.00. The van der Waals surface area contributed by atoms with Gasteiger partial charge in [0.25, 0.3) is 5.56 Å². The molecule has 4 heteroatoms. The molecule has 56 valence electrons. The zero-order valence-corrected chi connectivity index (χ0v) is 6.09. The van der Waals surface area contributed by atoms with Gasteiger partial charge in [-0.25, -0.2) is 9.89 Å². The summed E-state index contributed by atoms with van der Waals surface area (Å²) in [6.45, 7) is 4.00. The molecule has 0 unspecified atom stereocenters. The van der Waals surface area contributed by atoms with Crippen LogP contribution >= 0.6 is 0 Å². The molecule has 1 heterocycles. The van der Waals surface area contributed by atoms with E-state index in [0.717, 1.165) is 0 Å². The first-order valence-corrected chi connectivity index (χ1v) is 3.22. The van der Waals surface area contributed by atoms with Crippen molar-refractivity contribution in [3.05, 3.63) is 22.6 Å². The fourth-order valence-corrected chi connectivity index (χ4v) is 0.689. The summed E-state index contributed by atoms with van der Waals surface area (Å²) in [6, 6.07) is 1.79. The Hall–Kier alpha value is -1.19.